The molecule has 0 unspecified atom stereocenters. The number of ketones is 1. The highest BCUT2D eigenvalue weighted by Crippen LogP contribution is 2.38. The van der Waals surface area contributed by atoms with Crippen molar-refractivity contribution in [2.75, 3.05) is 0 Å². The summed E-state index contributed by atoms with van der Waals surface area (Å²) in [4.78, 5) is 16.2. The third-order valence-corrected chi connectivity index (χ3v) is 3.96. The van der Waals surface area contributed by atoms with Crippen molar-refractivity contribution in [3.63, 3.8) is 0 Å². The summed E-state index contributed by atoms with van der Waals surface area (Å²) in [6.07, 6.45) is 3.77. The molecule has 0 bridgehead atoms. The quantitative estimate of drug-likeness (QED) is 0.515. The SMILES string of the molecule is C=C(O)c1cccc2c1OB(O)[C@@H](CC(=O)c1cccnc1)C2. The second-order valence-electron chi connectivity index (χ2n) is 5.58. The fraction of sp³-hybridized carbons (Fsp3) is 0.176. The van der Waals surface area contributed by atoms with Crippen LogP contribution in [0, 0.1) is 0 Å². The minimum Gasteiger partial charge on any atom is -0.535 e. The molecule has 0 amide bonds. The molecule has 1 aliphatic heterocycles. The molecule has 2 aromatic rings. The topological polar surface area (TPSA) is 79.6 Å². The van der Waals surface area contributed by atoms with Crippen LogP contribution in [0.4, 0.5) is 0 Å². The van der Waals surface area contributed by atoms with Gasteiger partial charge in [0.05, 0.1) is 5.56 Å². The standard InChI is InChI=1S/C17H16BNO4/c1-11(20)15-6-2-4-12-8-14(18(22)23-17(12)15)9-16(21)13-5-3-7-19-10-13/h2-7,10,14,20,22H,1,8-9H2/t14-/m1/s1. The highest BCUT2D eigenvalue weighted by atomic mass is 16.5. The lowest BCUT2D eigenvalue weighted by Gasteiger charge is -2.28. The van der Waals surface area contributed by atoms with Crippen molar-refractivity contribution in [2.45, 2.75) is 18.7 Å². The zero-order valence-corrected chi connectivity index (χ0v) is 12.5. The Kier molecular flexibility index (Phi) is 4.17. The van der Waals surface area contributed by atoms with E-state index in [2.05, 4.69) is 11.6 Å². The molecule has 3 rings (SSSR count). The number of pyridine rings is 1. The summed E-state index contributed by atoms with van der Waals surface area (Å²) in [7, 11) is -1.11. The number of aliphatic hydroxyl groups is 1. The Balaban J connectivity index is 1.81. The van der Waals surface area contributed by atoms with Gasteiger partial charge in [0.1, 0.15) is 11.5 Å². The number of hydrogen-bond donors (Lipinski definition) is 2. The average Bonchev–Trinajstić information content (AvgIpc) is 2.55. The van der Waals surface area contributed by atoms with Crippen LogP contribution in [0.15, 0.2) is 49.3 Å². The Morgan fingerprint density at radius 3 is 2.91 bits per heavy atom. The van der Waals surface area contributed by atoms with Crippen LogP contribution in [0.25, 0.3) is 5.76 Å². The highest BCUT2D eigenvalue weighted by Gasteiger charge is 2.37. The first-order valence-electron chi connectivity index (χ1n) is 7.34. The van der Waals surface area contributed by atoms with Gasteiger partial charge in [0.2, 0.25) is 0 Å². The molecule has 1 atom stereocenters. The van der Waals surface area contributed by atoms with E-state index in [1.165, 1.54) is 6.20 Å². The Bertz CT molecular complexity index is 748. The minimum absolute atomic E-state index is 0.0862. The number of nitrogens with zero attached hydrogens (tertiary/aromatic N) is 1. The number of benzene rings is 1. The van der Waals surface area contributed by atoms with Gasteiger partial charge in [-0.1, -0.05) is 18.7 Å². The molecule has 5 nitrogen and oxygen atoms in total. The summed E-state index contributed by atoms with van der Waals surface area (Å²) in [6, 6.07) is 8.73. The van der Waals surface area contributed by atoms with E-state index in [-0.39, 0.29) is 23.8 Å². The van der Waals surface area contributed by atoms with Gasteiger partial charge in [-0.25, -0.2) is 0 Å². The maximum atomic E-state index is 12.3. The predicted molar refractivity (Wildman–Crippen MR) is 87.3 cm³/mol. The van der Waals surface area contributed by atoms with Gasteiger partial charge in [0, 0.05) is 30.2 Å². The smallest absolute Gasteiger partial charge is 0.526 e. The number of carbonyl (C=O) groups is 1. The zero-order valence-electron chi connectivity index (χ0n) is 12.5. The van der Waals surface area contributed by atoms with Gasteiger partial charge in [0.15, 0.2) is 5.78 Å². The van der Waals surface area contributed by atoms with Crippen molar-refractivity contribution in [3.05, 3.63) is 66.0 Å². The van der Waals surface area contributed by atoms with Crippen LogP contribution in [-0.2, 0) is 6.42 Å². The van der Waals surface area contributed by atoms with Crippen LogP contribution in [0.1, 0.15) is 27.9 Å². The maximum Gasteiger partial charge on any atom is 0.526 e. The summed E-state index contributed by atoms with van der Waals surface area (Å²) in [5.74, 6) is -0.120. The van der Waals surface area contributed by atoms with Crippen LogP contribution in [0.2, 0.25) is 5.82 Å². The molecule has 1 aliphatic rings. The van der Waals surface area contributed by atoms with Gasteiger partial charge in [-0.05, 0) is 30.2 Å². The molecule has 6 heteroatoms. The van der Waals surface area contributed by atoms with E-state index in [0.29, 0.717) is 23.3 Å². The number of Topliss-reactive ketones (excluding diaryl/α,β-unsaturated/α-hetero) is 1. The van der Waals surface area contributed by atoms with Crippen molar-refractivity contribution >= 4 is 18.7 Å². The maximum absolute atomic E-state index is 12.3. The van der Waals surface area contributed by atoms with E-state index in [1.54, 1.807) is 30.5 Å². The first kappa shape index (κ1) is 15.3. The number of hydrogen-bond acceptors (Lipinski definition) is 5. The fourth-order valence-electron chi connectivity index (χ4n) is 2.77. The molecular formula is C17H16BNO4. The lowest BCUT2D eigenvalue weighted by molar-refractivity contribution is 0.0975. The van der Waals surface area contributed by atoms with Crippen molar-refractivity contribution in [1.29, 1.82) is 0 Å². The van der Waals surface area contributed by atoms with Crippen LogP contribution in [0.3, 0.4) is 0 Å². The van der Waals surface area contributed by atoms with Gasteiger partial charge in [0.25, 0.3) is 0 Å². The third kappa shape index (κ3) is 3.12. The van der Waals surface area contributed by atoms with E-state index < -0.39 is 7.12 Å². The number of carbonyl (C=O) groups excluding carboxylic acids is 1. The van der Waals surface area contributed by atoms with E-state index in [1.807, 2.05) is 6.07 Å². The van der Waals surface area contributed by atoms with Crippen LogP contribution >= 0.6 is 0 Å². The zero-order chi connectivity index (χ0) is 16.4. The van der Waals surface area contributed by atoms with Gasteiger partial charge >= 0.3 is 7.12 Å². The molecule has 1 aromatic heterocycles. The molecular weight excluding hydrogens is 293 g/mol. The minimum atomic E-state index is -1.11. The van der Waals surface area contributed by atoms with Gasteiger partial charge in [-0.15, -0.1) is 0 Å². The van der Waals surface area contributed by atoms with Gasteiger partial charge < -0.3 is 14.8 Å². The average molecular weight is 309 g/mol. The first-order chi connectivity index (χ1) is 11.1. The summed E-state index contributed by atoms with van der Waals surface area (Å²) in [6.45, 7) is 3.50. The largest absolute Gasteiger partial charge is 0.535 e. The van der Waals surface area contributed by atoms with Crippen molar-refractivity contribution in [2.24, 2.45) is 0 Å². The van der Waals surface area contributed by atoms with E-state index in [9.17, 15) is 14.9 Å². The summed E-state index contributed by atoms with van der Waals surface area (Å²) >= 11 is 0. The number of aromatic nitrogens is 1. The van der Waals surface area contributed by atoms with Crippen LogP contribution < -0.4 is 4.65 Å². The molecule has 2 N–H and O–H groups in total. The van der Waals surface area contributed by atoms with Gasteiger partial charge in [-0.3, -0.25) is 9.78 Å². The molecule has 0 spiro atoms. The molecule has 23 heavy (non-hydrogen) atoms. The molecule has 0 radical (unpaired) electrons. The lowest BCUT2D eigenvalue weighted by atomic mass is 9.64. The second kappa shape index (κ2) is 6.26. The van der Waals surface area contributed by atoms with Crippen LogP contribution in [-0.4, -0.2) is 28.0 Å². The summed E-state index contributed by atoms with van der Waals surface area (Å²) in [5.41, 5.74) is 1.81. The van der Waals surface area contributed by atoms with E-state index >= 15 is 0 Å². The Labute approximate surface area is 134 Å². The Morgan fingerprint density at radius 2 is 2.22 bits per heavy atom. The fourth-order valence-corrected chi connectivity index (χ4v) is 2.77. The van der Waals surface area contributed by atoms with Crippen molar-refractivity contribution in [3.8, 4) is 5.75 Å². The Morgan fingerprint density at radius 1 is 1.39 bits per heavy atom. The van der Waals surface area contributed by atoms with E-state index in [0.717, 1.165) is 5.56 Å². The molecule has 0 saturated heterocycles. The van der Waals surface area contributed by atoms with Gasteiger partial charge in [-0.2, -0.15) is 0 Å². The monoisotopic (exact) mass is 309 g/mol. The third-order valence-electron chi connectivity index (χ3n) is 3.96. The van der Waals surface area contributed by atoms with Crippen molar-refractivity contribution < 1.29 is 19.6 Å². The highest BCUT2D eigenvalue weighted by molar-refractivity contribution is 6.47. The van der Waals surface area contributed by atoms with Crippen LogP contribution in [0.5, 0.6) is 5.75 Å². The number of para-hydroxylation sites is 1. The summed E-state index contributed by atoms with van der Waals surface area (Å²) in [5, 5.41) is 19.8. The number of rotatable bonds is 4. The summed E-state index contributed by atoms with van der Waals surface area (Å²) < 4.78 is 5.54. The number of aliphatic hydroxyl groups excluding tert-OH is 1. The molecule has 0 fully saturated rings. The number of fused-ring (bicyclic) bond motifs is 1. The second-order valence-corrected chi connectivity index (χ2v) is 5.58. The van der Waals surface area contributed by atoms with E-state index in [4.69, 9.17) is 4.65 Å². The molecule has 0 aliphatic carbocycles. The first-order valence-corrected chi connectivity index (χ1v) is 7.34. The Hall–Kier alpha value is -2.60. The molecule has 1 aromatic carbocycles. The normalized spacial score (nSPS) is 16.4. The predicted octanol–water partition coefficient (Wildman–Crippen LogP) is 2.67. The van der Waals surface area contributed by atoms with Crippen molar-refractivity contribution in [1.82, 2.24) is 4.98 Å². The lowest BCUT2D eigenvalue weighted by Crippen LogP contribution is -2.35. The molecule has 116 valence electrons. The molecule has 2 heterocycles. The molecule has 0 saturated carbocycles.